The molecule has 0 aliphatic carbocycles. The van der Waals surface area contributed by atoms with Crippen LogP contribution >= 0.6 is 11.3 Å². The number of nitrogens with zero attached hydrogens (tertiary/aromatic N) is 5. The van der Waals surface area contributed by atoms with E-state index >= 15 is 0 Å². The summed E-state index contributed by atoms with van der Waals surface area (Å²) in [6.45, 7) is 0. The number of amides is 1. The molecule has 0 fully saturated rings. The first-order valence-corrected chi connectivity index (χ1v) is 12.3. The van der Waals surface area contributed by atoms with Crippen LogP contribution in [0.25, 0.3) is 27.2 Å². The molecule has 0 bridgehead atoms. The number of halogens is 3. The van der Waals surface area contributed by atoms with Gasteiger partial charge in [0.2, 0.25) is 5.13 Å². The minimum atomic E-state index is -4.65. The molecule has 1 N–H and O–H groups in total. The number of fused-ring (bicyclic) bond motifs is 1. The number of carbonyl (C=O) groups is 1. The average molecular weight is 535 g/mol. The Hall–Kier alpha value is -4.51. The molecule has 0 aliphatic rings. The van der Waals surface area contributed by atoms with Crippen molar-refractivity contribution in [1.82, 2.24) is 20.2 Å². The van der Waals surface area contributed by atoms with E-state index in [9.17, 15) is 18.0 Å². The highest BCUT2D eigenvalue weighted by Crippen LogP contribution is 2.34. The molecule has 38 heavy (non-hydrogen) atoms. The van der Waals surface area contributed by atoms with Crippen molar-refractivity contribution in [2.75, 3.05) is 19.0 Å². The SMILES string of the molecule is CN(C)c1ccc(/C=N\NC(=O)c2csc(-n3nc(C(F)(F)F)cc3-c3ccc4ccccc4c3)n2)cc1. The molecule has 0 saturated carbocycles. The lowest BCUT2D eigenvalue weighted by Gasteiger charge is -2.11. The highest BCUT2D eigenvalue weighted by Gasteiger charge is 2.35. The third kappa shape index (κ3) is 5.28. The quantitative estimate of drug-likeness (QED) is 0.214. The summed E-state index contributed by atoms with van der Waals surface area (Å²) in [6, 6.07) is 21.5. The van der Waals surface area contributed by atoms with Crippen LogP contribution < -0.4 is 10.3 Å². The zero-order valence-corrected chi connectivity index (χ0v) is 21.1. The zero-order chi connectivity index (χ0) is 26.9. The van der Waals surface area contributed by atoms with Crippen LogP contribution in [0.4, 0.5) is 18.9 Å². The van der Waals surface area contributed by atoms with Crippen molar-refractivity contribution in [1.29, 1.82) is 0 Å². The van der Waals surface area contributed by atoms with Crippen LogP contribution in [-0.2, 0) is 6.18 Å². The van der Waals surface area contributed by atoms with Crippen LogP contribution in [0.5, 0.6) is 0 Å². The molecule has 1 amide bonds. The number of hydrogen-bond donors (Lipinski definition) is 1. The molecule has 2 aromatic heterocycles. The monoisotopic (exact) mass is 534 g/mol. The van der Waals surface area contributed by atoms with E-state index in [1.807, 2.05) is 73.6 Å². The van der Waals surface area contributed by atoms with Crippen molar-refractivity contribution in [3.63, 3.8) is 0 Å². The van der Waals surface area contributed by atoms with Gasteiger partial charge in [0.15, 0.2) is 5.69 Å². The first-order valence-electron chi connectivity index (χ1n) is 11.4. The van der Waals surface area contributed by atoms with Gasteiger partial charge in [-0.1, -0.05) is 48.5 Å². The van der Waals surface area contributed by atoms with Gasteiger partial charge in [0.25, 0.3) is 5.91 Å². The van der Waals surface area contributed by atoms with Gasteiger partial charge in [-0.2, -0.15) is 23.4 Å². The Balaban J connectivity index is 1.40. The summed E-state index contributed by atoms with van der Waals surface area (Å²) in [5.41, 5.74) is 3.92. The minimum absolute atomic E-state index is 0.0126. The molecule has 5 rings (SSSR count). The lowest BCUT2D eigenvalue weighted by atomic mass is 10.0. The summed E-state index contributed by atoms with van der Waals surface area (Å²) in [5, 5.41) is 11.1. The van der Waals surface area contributed by atoms with E-state index in [0.29, 0.717) is 5.56 Å². The Morgan fingerprint density at radius 1 is 1.03 bits per heavy atom. The number of hydrazone groups is 1. The molecule has 11 heteroatoms. The number of aromatic nitrogens is 3. The molecule has 2 heterocycles. The van der Waals surface area contributed by atoms with Crippen molar-refractivity contribution < 1.29 is 18.0 Å². The van der Waals surface area contributed by atoms with Gasteiger partial charge in [-0.3, -0.25) is 4.79 Å². The van der Waals surface area contributed by atoms with Crippen molar-refractivity contribution >= 4 is 39.9 Å². The van der Waals surface area contributed by atoms with E-state index in [1.54, 1.807) is 12.1 Å². The molecular formula is C27H21F3N6OS. The first-order chi connectivity index (χ1) is 18.2. The predicted octanol–water partition coefficient (Wildman–Crippen LogP) is 6.00. The second kappa shape index (κ2) is 10.1. The highest BCUT2D eigenvalue weighted by molar-refractivity contribution is 7.12. The van der Waals surface area contributed by atoms with E-state index < -0.39 is 17.8 Å². The number of carbonyl (C=O) groups excluding carboxylic acids is 1. The van der Waals surface area contributed by atoms with Crippen molar-refractivity contribution in [3.05, 3.63) is 95.1 Å². The van der Waals surface area contributed by atoms with Gasteiger partial charge >= 0.3 is 6.18 Å². The van der Waals surface area contributed by atoms with E-state index in [2.05, 4.69) is 20.6 Å². The fourth-order valence-electron chi connectivity index (χ4n) is 3.77. The molecule has 0 unspecified atom stereocenters. The van der Waals surface area contributed by atoms with Gasteiger partial charge < -0.3 is 4.90 Å². The summed E-state index contributed by atoms with van der Waals surface area (Å²) in [4.78, 5) is 18.8. The normalized spacial score (nSPS) is 11.8. The molecule has 5 aromatic rings. The topological polar surface area (TPSA) is 75.4 Å². The second-order valence-electron chi connectivity index (χ2n) is 8.59. The van der Waals surface area contributed by atoms with Gasteiger partial charge in [-0.25, -0.2) is 15.1 Å². The molecule has 192 valence electrons. The Morgan fingerprint density at radius 3 is 2.47 bits per heavy atom. The van der Waals surface area contributed by atoms with Gasteiger partial charge in [0, 0.05) is 30.7 Å². The lowest BCUT2D eigenvalue weighted by Crippen LogP contribution is -2.18. The summed E-state index contributed by atoms with van der Waals surface area (Å²) >= 11 is 1.01. The fraction of sp³-hybridized carbons (Fsp3) is 0.111. The Morgan fingerprint density at radius 2 is 1.76 bits per heavy atom. The second-order valence-corrected chi connectivity index (χ2v) is 9.42. The molecule has 0 atom stereocenters. The highest BCUT2D eigenvalue weighted by atomic mass is 32.1. The van der Waals surface area contributed by atoms with Gasteiger partial charge in [-0.15, -0.1) is 11.3 Å². The summed E-state index contributed by atoms with van der Waals surface area (Å²) in [6.07, 6.45) is -3.15. The van der Waals surface area contributed by atoms with Crippen LogP contribution in [0.2, 0.25) is 0 Å². The first kappa shape index (κ1) is 25.2. The van der Waals surface area contributed by atoms with Crippen molar-refractivity contribution in [2.24, 2.45) is 5.10 Å². The van der Waals surface area contributed by atoms with Crippen LogP contribution in [0, 0.1) is 0 Å². The summed E-state index contributed by atoms with van der Waals surface area (Å²) in [5.74, 6) is -0.593. The molecule has 0 spiro atoms. The van der Waals surface area contributed by atoms with Gasteiger partial charge in [0.05, 0.1) is 11.9 Å². The lowest BCUT2D eigenvalue weighted by molar-refractivity contribution is -0.141. The maximum absolute atomic E-state index is 13.6. The average Bonchev–Trinajstić information content (AvgIpc) is 3.56. The number of benzene rings is 3. The number of hydrogen-bond acceptors (Lipinski definition) is 6. The Kier molecular flexibility index (Phi) is 6.68. The molecular weight excluding hydrogens is 513 g/mol. The predicted molar refractivity (Wildman–Crippen MR) is 143 cm³/mol. The number of rotatable bonds is 6. The van der Waals surface area contributed by atoms with E-state index in [-0.39, 0.29) is 16.5 Å². The standard InChI is InChI=1S/C27H21F3N6OS/c1-35(2)21-11-7-17(8-12-21)15-31-33-25(37)22-16-38-26(32-22)36-23(14-24(34-36)27(28,29)30)20-10-9-18-5-3-4-6-19(18)13-20/h3-16H,1-2H3,(H,33,37)/b31-15-. The smallest absolute Gasteiger partial charge is 0.378 e. The van der Waals surface area contributed by atoms with Crippen LogP contribution in [-0.4, -0.2) is 41.0 Å². The Bertz CT molecular complexity index is 1640. The van der Waals surface area contributed by atoms with Crippen molar-refractivity contribution in [2.45, 2.75) is 6.18 Å². The van der Waals surface area contributed by atoms with Crippen molar-refractivity contribution in [3.8, 4) is 16.4 Å². The number of anilines is 1. The van der Waals surface area contributed by atoms with E-state index in [1.165, 1.54) is 11.6 Å². The zero-order valence-electron chi connectivity index (χ0n) is 20.3. The largest absolute Gasteiger partial charge is 0.435 e. The molecule has 0 aliphatic heterocycles. The molecule has 7 nitrogen and oxygen atoms in total. The third-order valence-electron chi connectivity index (χ3n) is 5.74. The third-order valence-corrected chi connectivity index (χ3v) is 6.56. The minimum Gasteiger partial charge on any atom is -0.378 e. The fourth-order valence-corrected chi connectivity index (χ4v) is 4.53. The maximum Gasteiger partial charge on any atom is 0.435 e. The van der Waals surface area contributed by atoms with Crippen LogP contribution in [0.1, 0.15) is 21.7 Å². The number of thiazole rings is 1. The van der Waals surface area contributed by atoms with Gasteiger partial charge in [0.1, 0.15) is 5.69 Å². The number of alkyl halides is 3. The molecule has 0 saturated heterocycles. The van der Waals surface area contributed by atoms with E-state index in [4.69, 9.17) is 0 Å². The van der Waals surface area contributed by atoms with Crippen LogP contribution in [0.3, 0.4) is 0 Å². The Labute approximate surface area is 219 Å². The molecule has 3 aromatic carbocycles. The summed E-state index contributed by atoms with van der Waals surface area (Å²) in [7, 11) is 3.87. The molecule has 0 radical (unpaired) electrons. The summed E-state index contributed by atoms with van der Waals surface area (Å²) < 4.78 is 41.8. The van der Waals surface area contributed by atoms with Crippen LogP contribution in [0.15, 0.2) is 83.3 Å². The number of nitrogens with one attached hydrogen (secondary N) is 1. The van der Waals surface area contributed by atoms with E-state index in [0.717, 1.165) is 44.1 Å². The maximum atomic E-state index is 13.6. The van der Waals surface area contributed by atoms with Gasteiger partial charge in [-0.05, 0) is 40.6 Å².